The van der Waals surface area contributed by atoms with Gasteiger partial charge in [-0.1, -0.05) is 11.6 Å². The summed E-state index contributed by atoms with van der Waals surface area (Å²) in [5, 5.41) is 6.59. The molecule has 1 aromatic heterocycles. The van der Waals surface area contributed by atoms with Gasteiger partial charge in [0.15, 0.2) is 22.9 Å². The zero-order valence-electron chi connectivity index (χ0n) is 11.9. The summed E-state index contributed by atoms with van der Waals surface area (Å²) in [4.78, 5) is 5.75. The molecular formula is C14H14ClFN4OS. The van der Waals surface area contributed by atoms with Crippen molar-refractivity contribution >= 4 is 51.9 Å². The molecule has 0 aliphatic carbocycles. The Morgan fingerprint density at radius 1 is 1.59 bits per heavy atom. The summed E-state index contributed by atoms with van der Waals surface area (Å²) in [6.45, 7) is 3.08. The Kier molecular flexibility index (Phi) is 4.26. The number of fused-ring (bicyclic) bond motifs is 1. The summed E-state index contributed by atoms with van der Waals surface area (Å²) in [6.07, 6.45) is 4.95. The summed E-state index contributed by atoms with van der Waals surface area (Å²) in [5.74, 6) is -0.489. The van der Waals surface area contributed by atoms with Crippen molar-refractivity contribution in [3.8, 4) is 0 Å². The summed E-state index contributed by atoms with van der Waals surface area (Å²) >= 11 is 11.5. The highest BCUT2D eigenvalue weighted by Crippen LogP contribution is 2.34. The van der Waals surface area contributed by atoms with Crippen LogP contribution in [0.3, 0.4) is 0 Å². The molecule has 5 nitrogen and oxygen atoms in total. The smallest absolute Gasteiger partial charge is 0.196 e. The lowest BCUT2D eigenvalue weighted by Crippen LogP contribution is -2.42. The zero-order valence-corrected chi connectivity index (χ0v) is 13.5. The average molecular weight is 341 g/mol. The first-order valence-corrected chi connectivity index (χ1v) is 7.74. The summed E-state index contributed by atoms with van der Waals surface area (Å²) < 4.78 is 19.7. The highest BCUT2D eigenvalue weighted by molar-refractivity contribution is 7.80. The highest BCUT2D eigenvalue weighted by Gasteiger charge is 2.25. The van der Waals surface area contributed by atoms with Crippen LogP contribution in [0.4, 0.5) is 10.1 Å². The Hall–Kier alpha value is -1.73. The minimum Gasteiger partial charge on any atom is -0.442 e. The molecule has 0 amide bonds. The van der Waals surface area contributed by atoms with Crippen LogP contribution >= 0.6 is 23.8 Å². The van der Waals surface area contributed by atoms with Crippen molar-refractivity contribution in [1.82, 2.24) is 9.99 Å². The molecule has 0 radical (unpaired) electrons. The average Bonchev–Trinajstić information content (AvgIpc) is 3.01. The van der Waals surface area contributed by atoms with Crippen molar-refractivity contribution in [1.29, 1.82) is 0 Å². The molecule has 8 heteroatoms. The number of rotatable bonds is 2. The maximum Gasteiger partial charge on any atom is 0.196 e. The quantitative estimate of drug-likeness (QED) is 0.778. The van der Waals surface area contributed by atoms with E-state index in [4.69, 9.17) is 28.2 Å². The third kappa shape index (κ3) is 2.55. The maximum atomic E-state index is 14.5. The summed E-state index contributed by atoms with van der Waals surface area (Å²) in [7, 11) is 0. The van der Waals surface area contributed by atoms with Crippen LogP contribution in [0.2, 0.25) is 5.02 Å². The first-order valence-electron chi connectivity index (χ1n) is 6.96. The summed E-state index contributed by atoms with van der Waals surface area (Å²) in [5.41, 5.74) is 0.970. The lowest BCUT2D eigenvalue weighted by molar-refractivity contribution is 0.421. The molecule has 22 heavy (non-hydrogen) atoms. The number of hydrogen-bond acceptors (Lipinski definition) is 4. The molecule has 0 bridgehead atoms. The molecule has 0 spiro atoms. The molecule has 1 aliphatic heterocycles. The SMILES string of the molecule is CCN(C(=S)N1CCCC=N1)c1c(F)cc(Cl)c2ocnc12. The molecule has 2 aromatic rings. The van der Waals surface area contributed by atoms with Gasteiger partial charge < -0.3 is 9.32 Å². The molecule has 3 rings (SSSR count). The van der Waals surface area contributed by atoms with E-state index in [9.17, 15) is 4.39 Å². The van der Waals surface area contributed by atoms with Crippen molar-refractivity contribution in [2.45, 2.75) is 19.8 Å². The fourth-order valence-corrected chi connectivity index (χ4v) is 3.01. The van der Waals surface area contributed by atoms with Gasteiger partial charge in [-0.05, 0) is 38.0 Å². The molecular weight excluding hydrogens is 327 g/mol. The standard InChI is InChI=1S/C14H14ClFN4OS/c1-2-19(14(22)20-6-4-3-5-18-20)12-10(16)7-9(15)13-11(12)17-8-21-13/h5,7-8H,2-4,6H2,1H3. The van der Waals surface area contributed by atoms with E-state index < -0.39 is 5.82 Å². The molecule has 1 aliphatic rings. The largest absolute Gasteiger partial charge is 0.442 e. The van der Waals surface area contributed by atoms with Gasteiger partial charge in [0.05, 0.1) is 5.02 Å². The van der Waals surface area contributed by atoms with Gasteiger partial charge in [0.25, 0.3) is 0 Å². The molecule has 0 saturated carbocycles. The first kappa shape index (κ1) is 15.2. The van der Waals surface area contributed by atoms with Crippen LogP contribution in [0.1, 0.15) is 19.8 Å². The maximum absolute atomic E-state index is 14.5. The van der Waals surface area contributed by atoms with Crippen LogP contribution in [-0.2, 0) is 0 Å². The third-order valence-corrected chi connectivity index (χ3v) is 4.16. The van der Waals surface area contributed by atoms with Gasteiger partial charge in [-0.15, -0.1) is 0 Å². The van der Waals surface area contributed by atoms with Gasteiger partial charge in [-0.25, -0.2) is 14.4 Å². The molecule has 0 saturated heterocycles. The Morgan fingerprint density at radius 3 is 3.09 bits per heavy atom. The molecule has 0 atom stereocenters. The van der Waals surface area contributed by atoms with Crippen LogP contribution < -0.4 is 4.90 Å². The van der Waals surface area contributed by atoms with Crippen LogP contribution in [0.15, 0.2) is 22.0 Å². The van der Waals surface area contributed by atoms with Crippen molar-refractivity contribution in [3.05, 3.63) is 23.3 Å². The van der Waals surface area contributed by atoms with Crippen molar-refractivity contribution in [2.75, 3.05) is 18.0 Å². The predicted molar refractivity (Wildman–Crippen MR) is 89.0 cm³/mol. The van der Waals surface area contributed by atoms with E-state index >= 15 is 0 Å². The number of aromatic nitrogens is 1. The second-order valence-electron chi connectivity index (χ2n) is 4.81. The van der Waals surface area contributed by atoms with Crippen molar-refractivity contribution in [2.24, 2.45) is 5.10 Å². The molecule has 2 heterocycles. The predicted octanol–water partition coefficient (Wildman–Crippen LogP) is 3.81. The van der Waals surface area contributed by atoms with Crippen molar-refractivity contribution in [3.63, 3.8) is 0 Å². The van der Waals surface area contributed by atoms with E-state index in [0.29, 0.717) is 29.3 Å². The minimum atomic E-state index is -0.489. The van der Waals surface area contributed by atoms with Gasteiger partial charge in [0.2, 0.25) is 0 Å². The number of hydrogen-bond donors (Lipinski definition) is 0. The van der Waals surface area contributed by atoms with Crippen LogP contribution in [-0.4, -0.2) is 34.4 Å². The molecule has 0 unspecified atom stereocenters. The molecule has 0 N–H and O–H groups in total. The topological polar surface area (TPSA) is 44.9 Å². The fourth-order valence-electron chi connectivity index (χ4n) is 2.42. The number of benzene rings is 1. The van der Waals surface area contributed by atoms with Gasteiger partial charge in [0.1, 0.15) is 11.2 Å². The van der Waals surface area contributed by atoms with E-state index in [1.807, 2.05) is 13.1 Å². The fraction of sp³-hybridized carbons (Fsp3) is 0.357. The van der Waals surface area contributed by atoms with Gasteiger partial charge in [-0.3, -0.25) is 0 Å². The van der Waals surface area contributed by atoms with E-state index in [-0.39, 0.29) is 10.7 Å². The number of nitrogens with zero attached hydrogens (tertiary/aromatic N) is 4. The number of anilines is 1. The minimum absolute atomic E-state index is 0.187. The highest BCUT2D eigenvalue weighted by atomic mass is 35.5. The first-order chi connectivity index (χ1) is 10.6. The van der Waals surface area contributed by atoms with E-state index in [0.717, 1.165) is 12.8 Å². The summed E-state index contributed by atoms with van der Waals surface area (Å²) in [6, 6.07) is 1.22. The van der Waals surface area contributed by atoms with Crippen LogP contribution in [0.25, 0.3) is 11.1 Å². The normalized spacial score (nSPS) is 14.6. The Morgan fingerprint density at radius 2 is 2.41 bits per heavy atom. The number of hydrazone groups is 1. The van der Waals surface area contributed by atoms with E-state index in [2.05, 4.69) is 10.1 Å². The Labute approximate surface area is 137 Å². The zero-order chi connectivity index (χ0) is 15.7. The Balaban J connectivity index is 2.07. The second-order valence-corrected chi connectivity index (χ2v) is 5.58. The number of thiocarbonyl (C=S) groups is 1. The Bertz CT molecular complexity index is 748. The number of halogens is 2. The monoisotopic (exact) mass is 340 g/mol. The van der Waals surface area contributed by atoms with Gasteiger partial charge in [0, 0.05) is 19.3 Å². The third-order valence-electron chi connectivity index (χ3n) is 3.45. The lowest BCUT2D eigenvalue weighted by atomic mass is 10.2. The van der Waals surface area contributed by atoms with Crippen LogP contribution in [0, 0.1) is 5.82 Å². The van der Waals surface area contributed by atoms with E-state index in [1.54, 1.807) is 9.91 Å². The van der Waals surface area contributed by atoms with Gasteiger partial charge >= 0.3 is 0 Å². The van der Waals surface area contributed by atoms with Crippen LogP contribution in [0.5, 0.6) is 0 Å². The molecule has 1 aromatic carbocycles. The molecule has 0 fully saturated rings. The van der Waals surface area contributed by atoms with Crippen molar-refractivity contribution < 1.29 is 8.81 Å². The van der Waals surface area contributed by atoms with Gasteiger partial charge in [-0.2, -0.15) is 5.10 Å². The van der Waals surface area contributed by atoms with E-state index in [1.165, 1.54) is 12.5 Å². The number of oxazole rings is 1. The second kappa shape index (κ2) is 6.18. The molecule has 116 valence electrons. The lowest BCUT2D eigenvalue weighted by Gasteiger charge is -2.31.